The lowest BCUT2D eigenvalue weighted by Crippen LogP contribution is -2.29. The van der Waals surface area contributed by atoms with Crippen molar-refractivity contribution in [2.45, 2.75) is 13.1 Å². The van der Waals surface area contributed by atoms with Crippen LogP contribution < -0.4 is 10.8 Å². The number of carbonyl (C=O) groups is 2. The number of nitrogens with zero attached hydrogens (tertiary/aromatic N) is 3. The minimum absolute atomic E-state index is 0.125. The third-order valence-corrected chi connectivity index (χ3v) is 3.52. The topological polar surface area (TPSA) is 107 Å². The van der Waals surface area contributed by atoms with E-state index >= 15 is 0 Å². The first kappa shape index (κ1) is 15.1. The maximum Gasteiger partial charge on any atom is 0.274 e. The van der Waals surface area contributed by atoms with Gasteiger partial charge in [-0.15, -0.1) is 0 Å². The first-order valence-electron chi connectivity index (χ1n) is 6.99. The molecule has 3 N–H and O–H groups in total. The second-order valence-corrected chi connectivity index (χ2v) is 5.25. The number of hydrogen-bond acceptors (Lipinski definition) is 6. The lowest BCUT2D eigenvalue weighted by molar-refractivity contribution is -0.117. The van der Waals surface area contributed by atoms with Crippen molar-refractivity contribution in [2.24, 2.45) is 0 Å². The third kappa shape index (κ3) is 3.50. The van der Waals surface area contributed by atoms with Gasteiger partial charge in [0.15, 0.2) is 0 Å². The maximum atomic E-state index is 12.0. The first-order valence-corrected chi connectivity index (χ1v) is 6.99. The first-order chi connectivity index (χ1) is 11.2. The molecule has 0 spiro atoms. The zero-order valence-corrected chi connectivity index (χ0v) is 12.2. The Morgan fingerprint density at radius 1 is 1.30 bits per heavy atom. The molecule has 1 aliphatic rings. The zero-order valence-electron chi connectivity index (χ0n) is 12.2. The Hall–Kier alpha value is -2.84. The Kier molecular flexibility index (Phi) is 4.26. The third-order valence-electron chi connectivity index (χ3n) is 3.52. The van der Waals surface area contributed by atoms with E-state index in [0.29, 0.717) is 24.3 Å². The van der Waals surface area contributed by atoms with Crippen molar-refractivity contribution >= 4 is 17.5 Å². The van der Waals surface area contributed by atoms with Gasteiger partial charge >= 0.3 is 0 Å². The second kappa shape index (κ2) is 6.51. The Balaban J connectivity index is 1.86. The number of rotatable bonds is 3. The maximum absolute atomic E-state index is 12.0. The largest absolute Gasteiger partial charge is 0.325 e. The van der Waals surface area contributed by atoms with E-state index in [1.807, 2.05) is 4.90 Å². The molecule has 2 heterocycles. The molecule has 8 heteroatoms. The highest BCUT2D eigenvalue weighted by molar-refractivity contribution is 5.97. The number of aromatic nitrogens is 2. The molecule has 0 aliphatic carbocycles. The summed E-state index contributed by atoms with van der Waals surface area (Å²) in [4.78, 5) is 33.4. The Morgan fingerprint density at radius 3 is 2.83 bits per heavy atom. The molecular weight excluding hydrogens is 298 g/mol. The fraction of sp³-hybridized carbons (Fsp3) is 0.200. The summed E-state index contributed by atoms with van der Waals surface area (Å²) in [7, 11) is 0. The summed E-state index contributed by atoms with van der Waals surface area (Å²) in [6.07, 6.45) is 4.85. The summed E-state index contributed by atoms with van der Waals surface area (Å²) in [6, 6.07) is 4.86. The zero-order chi connectivity index (χ0) is 16.2. The summed E-state index contributed by atoms with van der Waals surface area (Å²) < 4.78 is 0. The van der Waals surface area contributed by atoms with Crippen LogP contribution in [0.15, 0.2) is 36.9 Å². The van der Waals surface area contributed by atoms with Crippen molar-refractivity contribution in [1.82, 2.24) is 20.3 Å². The summed E-state index contributed by atoms with van der Waals surface area (Å²) >= 11 is 0. The van der Waals surface area contributed by atoms with Gasteiger partial charge in [-0.3, -0.25) is 19.7 Å². The molecule has 0 unspecified atom stereocenters. The Labute approximate surface area is 132 Å². The van der Waals surface area contributed by atoms with Crippen molar-refractivity contribution < 1.29 is 14.8 Å². The van der Waals surface area contributed by atoms with E-state index < -0.39 is 5.91 Å². The van der Waals surface area contributed by atoms with E-state index in [1.165, 1.54) is 6.33 Å². The summed E-state index contributed by atoms with van der Waals surface area (Å²) in [5.41, 5.74) is 4.29. The van der Waals surface area contributed by atoms with E-state index in [0.717, 1.165) is 11.1 Å². The van der Waals surface area contributed by atoms with Crippen LogP contribution in [0.5, 0.6) is 0 Å². The lowest BCUT2D eigenvalue weighted by Gasteiger charge is -2.18. The predicted molar refractivity (Wildman–Crippen MR) is 80.5 cm³/mol. The molecule has 2 amide bonds. The van der Waals surface area contributed by atoms with Gasteiger partial charge < -0.3 is 5.32 Å². The van der Waals surface area contributed by atoms with Crippen LogP contribution in [-0.4, -0.2) is 38.4 Å². The van der Waals surface area contributed by atoms with Crippen molar-refractivity contribution in [3.63, 3.8) is 0 Å². The summed E-state index contributed by atoms with van der Waals surface area (Å²) in [6.45, 7) is 1.23. The van der Waals surface area contributed by atoms with Gasteiger partial charge in [-0.25, -0.2) is 15.4 Å². The van der Waals surface area contributed by atoms with Crippen LogP contribution in [0.3, 0.4) is 0 Å². The number of amides is 2. The molecule has 0 fully saturated rings. The van der Waals surface area contributed by atoms with Crippen LogP contribution >= 0.6 is 0 Å². The molecule has 3 rings (SSSR count). The van der Waals surface area contributed by atoms with E-state index in [-0.39, 0.29) is 12.5 Å². The monoisotopic (exact) mass is 313 g/mol. The van der Waals surface area contributed by atoms with Gasteiger partial charge in [0.05, 0.1) is 6.54 Å². The van der Waals surface area contributed by atoms with Gasteiger partial charge in [0, 0.05) is 42.3 Å². The van der Waals surface area contributed by atoms with Crippen molar-refractivity contribution in [3.8, 4) is 0 Å². The fourth-order valence-corrected chi connectivity index (χ4v) is 2.52. The lowest BCUT2D eigenvalue weighted by atomic mass is 10.1. The van der Waals surface area contributed by atoms with Crippen LogP contribution in [0.25, 0.3) is 0 Å². The van der Waals surface area contributed by atoms with Gasteiger partial charge in [-0.1, -0.05) is 0 Å². The van der Waals surface area contributed by atoms with E-state index in [9.17, 15) is 9.59 Å². The molecule has 1 aliphatic heterocycles. The minimum atomic E-state index is -0.591. The van der Waals surface area contributed by atoms with Gasteiger partial charge in [-0.05, 0) is 23.8 Å². The number of hydroxylamine groups is 1. The molecule has 0 bridgehead atoms. The van der Waals surface area contributed by atoms with Crippen molar-refractivity contribution in [3.05, 3.63) is 53.6 Å². The van der Waals surface area contributed by atoms with Gasteiger partial charge in [-0.2, -0.15) is 0 Å². The normalized spacial score (nSPS) is 14.6. The SMILES string of the molecule is O=C1CN(Cc2cncnc2)Cc2cc(C(=O)NO)ccc2N1. The minimum Gasteiger partial charge on any atom is -0.325 e. The van der Waals surface area contributed by atoms with Crippen molar-refractivity contribution in [1.29, 1.82) is 0 Å². The number of anilines is 1. The molecule has 2 aromatic rings. The van der Waals surface area contributed by atoms with Crippen LogP contribution in [-0.2, 0) is 17.9 Å². The van der Waals surface area contributed by atoms with Gasteiger partial charge in [0.1, 0.15) is 6.33 Å². The average Bonchev–Trinajstić information content (AvgIpc) is 2.71. The number of carbonyl (C=O) groups excluding carboxylic acids is 2. The molecule has 1 aromatic heterocycles. The molecule has 23 heavy (non-hydrogen) atoms. The van der Waals surface area contributed by atoms with Crippen LogP contribution in [0.1, 0.15) is 21.5 Å². The molecule has 0 saturated heterocycles. The molecule has 0 atom stereocenters. The van der Waals surface area contributed by atoms with E-state index in [2.05, 4.69) is 15.3 Å². The van der Waals surface area contributed by atoms with Crippen LogP contribution in [0.4, 0.5) is 5.69 Å². The average molecular weight is 313 g/mol. The van der Waals surface area contributed by atoms with Gasteiger partial charge in [0.2, 0.25) is 5.91 Å². The van der Waals surface area contributed by atoms with Gasteiger partial charge in [0.25, 0.3) is 5.91 Å². The van der Waals surface area contributed by atoms with E-state index in [1.54, 1.807) is 36.1 Å². The number of benzene rings is 1. The van der Waals surface area contributed by atoms with E-state index in [4.69, 9.17) is 5.21 Å². The Morgan fingerprint density at radius 2 is 2.09 bits per heavy atom. The molecule has 0 radical (unpaired) electrons. The predicted octanol–water partition coefficient (Wildman–Crippen LogP) is 0.550. The van der Waals surface area contributed by atoms with Crippen molar-refractivity contribution in [2.75, 3.05) is 11.9 Å². The molecule has 118 valence electrons. The standard InChI is InChI=1S/C15H15N5O3/c21-14-8-20(6-10-4-16-9-17-5-10)7-12-3-11(15(22)19-23)1-2-13(12)18-14/h1-5,9,23H,6-8H2,(H,18,21)(H,19,22). The smallest absolute Gasteiger partial charge is 0.274 e. The quantitative estimate of drug-likeness (QED) is 0.564. The number of hydrogen-bond donors (Lipinski definition) is 3. The summed E-state index contributed by atoms with van der Waals surface area (Å²) in [5, 5.41) is 11.6. The Bertz CT molecular complexity index is 735. The molecule has 0 saturated carbocycles. The fourth-order valence-electron chi connectivity index (χ4n) is 2.52. The molecular formula is C15H15N5O3. The summed E-state index contributed by atoms with van der Waals surface area (Å²) in [5.74, 6) is -0.716. The number of nitrogens with one attached hydrogen (secondary N) is 2. The van der Waals surface area contributed by atoms with Crippen LogP contribution in [0, 0.1) is 0 Å². The van der Waals surface area contributed by atoms with Crippen LogP contribution in [0.2, 0.25) is 0 Å². The second-order valence-electron chi connectivity index (χ2n) is 5.25. The highest BCUT2D eigenvalue weighted by Crippen LogP contribution is 2.23. The molecule has 8 nitrogen and oxygen atoms in total. The number of fused-ring (bicyclic) bond motifs is 1. The molecule has 1 aromatic carbocycles. The highest BCUT2D eigenvalue weighted by Gasteiger charge is 2.20. The highest BCUT2D eigenvalue weighted by atomic mass is 16.5.